The largest absolute Gasteiger partial charge is 0.508 e. The number of phenolic OH excluding ortho intramolecular Hbond substituents is 1. The minimum absolute atomic E-state index is 0.0486. The molecule has 1 fully saturated rings. The van der Waals surface area contributed by atoms with Crippen LogP contribution in [0.2, 0.25) is 0 Å². The molecule has 1 unspecified atom stereocenters. The third-order valence-corrected chi connectivity index (χ3v) is 5.23. The second kappa shape index (κ2) is 10.4. The van der Waals surface area contributed by atoms with Crippen molar-refractivity contribution in [1.82, 2.24) is 10.2 Å². The van der Waals surface area contributed by atoms with E-state index in [0.29, 0.717) is 31.3 Å². The molecule has 1 aliphatic heterocycles. The summed E-state index contributed by atoms with van der Waals surface area (Å²) in [6, 6.07) is 7.57. The van der Waals surface area contributed by atoms with Gasteiger partial charge in [0.2, 0.25) is 5.91 Å². The number of carbonyl (C=O) groups excluding carboxylic acids is 1. The molecule has 0 bridgehead atoms. The summed E-state index contributed by atoms with van der Waals surface area (Å²) in [4.78, 5) is 14.7. The van der Waals surface area contributed by atoms with Crippen LogP contribution in [0.25, 0.3) is 0 Å². The summed E-state index contributed by atoms with van der Waals surface area (Å²) in [6.07, 6.45) is 3.20. The van der Waals surface area contributed by atoms with Gasteiger partial charge in [-0.1, -0.05) is 44.9 Å². The normalized spacial score (nSPS) is 16.8. The highest BCUT2D eigenvalue weighted by Gasteiger charge is 2.27. The van der Waals surface area contributed by atoms with Gasteiger partial charge >= 0.3 is 0 Å². The smallest absolute Gasteiger partial charge is 0.220 e. The van der Waals surface area contributed by atoms with E-state index in [0.717, 1.165) is 44.7 Å². The fraction of sp³-hybridized carbons (Fsp3) is 0.650. The molecule has 140 valence electrons. The Labute approximate surface area is 151 Å². The second-order valence-corrected chi connectivity index (χ2v) is 6.73. The molecule has 0 saturated carbocycles. The lowest BCUT2D eigenvalue weighted by Gasteiger charge is -2.38. The molecule has 5 heteroatoms. The van der Waals surface area contributed by atoms with Crippen LogP contribution >= 0.6 is 0 Å². The van der Waals surface area contributed by atoms with Crippen LogP contribution in [0, 0.1) is 5.92 Å². The van der Waals surface area contributed by atoms with Crippen molar-refractivity contribution in [2.75, 3.05) is 32.8 Å². The number of rotatable bonds is 9. The van der Waals surface area contributed by atoms with Crippen LogP contribution in [0.5, 0.6) is 5.75 Å². The van der Waals surface area contributed by atoms with Crippen molar-refractivity contribution in [3.8, 4) is 5.75 Å². The van der Waals surface area contributed by atoms with Crippen molar-refractivity contribution in [2.45, 2.75) is 45.6 Å². The van der Waals surface area contributed by atoms with Gasteiger partial charge in [0.25, 0.3) is 0 Å². The molecule has 0 aliphatic carbocycles. The first kappa shape index (κ1) is 19.7. The van der Waals surface area contributed by atoms with E-state index in [1.807, 2.05) is 12.1 Å². The predicted molar refractivity (Wildman–Crippen MR) is 99.7 cm³/mol. The fourth-order valence-electron chi connectivity index (χ4n) is 3.61. The van der Waals surface area contributed by atoms with Crippen molar-refractivity contribution < 1.29 is 14.6 Å². The number of aromatic hydroxyl groups is 1. The molecular weight excluding hydrogens is 316 g/mol. The highest BCUT2D eigenvalue weighted by Crippen LogP contribution is 2.20. The van der Waals surface area contributed by atoms with Crippen molar-refractivity contribution >= 4 is 5.91 Å². The topological polar surface area (TPSA) is 61.8 Å². The Morgan fingerprint density at radius 3 is 2.56 bits per heavy atom. The second-order valence-electron chi connectivity index (χ2n) is 6.73. The van der Waals surface area contributed by atoms with E-state index in [9.17, 15) is 9.90 Å². The Morgan fingerprint density at radius 1 is 1.24 bits per heavy atom. The lowest BCUT2D eigenvalue weighted by Crippen LogP contribution is -2.52. The lowest BCUT2D eigenvalue weighted by molar-refractivity contribution is -0.121. The number of hydrogen-bond donors (Lipinski definition) is 2. The van der Waals surface area contributed by atoms with E-state index in [1.54, 1.807) is 12.1 Å². The highest BCUT2D eigenvalue weighted by molar-refractivity contribution is 5.76. The summed E-state index contributed by atoms with van der Waals surface area (Å²) >= 11 is 0. The zero-order chi connectivity index (χ0) is 18.1. The van der Waals surface area contributed by atoms with Crippen LogP contribution in [0.1, 0.15) is 38.7 Å². The zero-order valence-corrected chi connectivity index (χ0v) is 15.5. The molecule has 1 aliphatic rings. The van der Waals surface area contributed by atoms with E-state index in [2.05, 4.69) is 24.1 Å². The number of carbonyl (C=O) groups is 1. The summed E-state index contributed by atoms with van der Waals surface area (Å²) < 4.78 is 5.47. The number of amides is 1. The van der Waals surface area contributed by atoms with E-state index < -0.39 is 0 Å². The number of nitrogens with one attached hydrogen (secondary N) is 1. The molecule has 1 amide bonds. The molecule has 1 aromatic rings. The van der Waals surface area contributed by atoms with Crippen LogP contribution in [-0.2, 0) is 16.0 Å². The third-order valence-electron chi connectivity index (χ3n) is 5.23. The molecule has 1 heterocycles. The molecule has 25 heavy (non-hydrogen) atoms. The molecule has 0 radical (unpaired) electrons. The average molecular weight is 348 g/mol. The zero-order valence-electron chi connectivity index (χ0n) is 15.5. The van der Waals surface area contributed by atoms with Crippen LogP contribution in [0.15, 0.2) is 24.3 Å². The Kier molecular flexibility index (Phi) is 8.22. The Morgan fingerprint density at radius 2 is 1.92 bits per heavy atom. The molecule has 2 N–H and O–H groups in total. The minimum Gasteiger partial charge on any atom is -0.508 e. The maximum absolute atomic E-state index is 12.3. The van der Waals surface area contributed by atoms with Crippen LogP contribution in [-0.4, -0.2) is 54.8 Å². The average Bonchev–Trinajstić information content (AvgIpc) is 2.65. The number of nitrogens with zero attached hydrogens (tertiary/aromatic N) is 1. The van der Waals surface area contributed by atoms with Crippen molar-refractivity contribution in [3.05, 3.63) is 29.8 Å². The van der Waals surface area contributed by atoms with Gasteiger partial charge in [0.15, 0.2) is 0 Å². The minimum atomic E-state index is 0.0486. The SMILES string of the molecule is CCC(CC)C(CNC(=O)CCc1ccccc1O)N1CCOCC1. The first-order chi connectivity index (χ1) is 12.2. The van der Waals surface area contributed by atoms with Crippen LogP contribution in [0.4, 0.5) is 0 Å². The standard InChI is InChI=1S/C20H32N2O3/c1-3-16(4-2)18(22-11-13-25-14-12-22)15-21-20(24)10-9-17-7-5-6-8-19(17)23/h5-8,16,18,23H,3-4,9-15H2,1-2H3,(H,21,24). The summed E-state index contributed by atoms with van der Waals surface area (Å²) in [5.41, 5.74) is 0.822. The number of phenols is 1. The monoisotopic (exact) mass is 348 g/mol. The number of aryl methyl sites for hydroxylation is 1. The van der Waals surface area contributed by atoms with E-state index in [-0.39, 0.29) is 11.7 Å². The summed E-state index contributed by atoms with van der Waals surface area (Å²) in [5, 5.41) is 12.9. The maximum atomic E-state index is 12.3. The predicted octanol–water partition coefficient (Wildman–Crippen LogP) is 2.58. The van der Waals surface area contributed by atoms with Gasteiger partial charge in [-0.15, -0.1) is 0 Å². The Balaban J connectivity index is 1.85. The highest BCUT2D eigenvalue weighted by atomic mass is 16.5. The van der Waals surface area contributed by atoms with Gasteiger partial charge in [-0.2, -0.15) is 0 Å². The quantitative estimate of drug-likeness (QED) is 0.720. The summed E-state index contributed by atoms with van der Waals surface area (Å²) in [6.45, 7) is 8.56. The molecule has 1 aromatic carbocycles. The van der Waals surface area contributed by atoms with Crippen molar-refractivity contribution in [3.63, 3.8) is 0 Å². The summed E-state index contributed by atoms with van der Waals surface area (Å²) in [7, 11) is 0. The lowest BCUT2D eigenvalue weighted by atomic mass is 9.92. The Hall–Kier alpha value is -1.59. The molecule has 5 nitrogen and oxygen atoms in total. The maximum Gasteiger partial charge on any atom is 0.220 e. The molecule has 0 spiro atoms. The molecule has 2 rings (SSSR count). The first-order valence-corrected chi connectivity index (χ1v) is 9.51. The van der Waals surface area contributed by atoms with Gasteiger partial charge in [0.05, 0.1) is 13.2 Å². The number of morpholine rings is 1. The van der Waals surface area contributed by atoms with Gasteiger partial charge in [-0.3, -0.25) is 9.69 Å². The molecule has 1 saturated heterocycles. The first-order valence-electron chi connectivity index (χ1n) is 9.51. The molecule has 1 atom stereocenters. The van der Waals surface area contributed by atoms with E-state index in [4.69, 9.17) is 4.74 Å². The fourth-order valence-corrected chi connectivity index (χ4v) is 3.61. The van der Waals surface area contributed by atoms with Crippen LogP contribution < -0.4 is 5.32 Å². The van der Waals surface area contributed by atoms with Crippen molar-refractivity contribution in [2.24, 2.45) is 5.92 Å². The number of hydrogen-bond acceptors (Lipinski definition) is 4. The molecule has 0 aromatic heterocycles. The van der Waals surface area contributed by atoms with Gasteiger partial charge in [0.1, 0.15) is 5.75 Å². The van der Waals surface area contributed by atoms with Gasteiger partial charge in [-0.25, -0.2) is 0 Å². The van der Waals surface area contributed by atoms with E-state index in [1.165, 1.54) is 0 Å². The van der Waals surface area contributed by atoms with E-state index >= 15 is 0 Å². The molecular formula is C20H32N2O3. The van der Waals surface area contributed by atoms with Gasteiger partial charge < -0.3 is 15.2 Å². The number of ether oxygens (including phenoxy) is 1. The summed E-state index contributed by atoms with van der Waals surface area (Å²) in [5.74, 6) is 0.891. The van der Waals surface area contributed by atoms with Crippen molar-refractivity contribution in [1.29, 1.82) is 0 Å². The van der Waals surface area contributed by atoms with Gasteiger partial charge in [-0.05, 0) is 24.0 Å². The van der Waals surface area contributed by atoms with Gasteiger partial charge in [0, 0.05) is 32.1 Å². The van der Waals surface area contributed by atoms with Crippen LogP contribution in [0.3, 0.4) is 0 Å². The number of benzene rings is 1. The third kappa shape index (κ3) is 6.01. The number of para-hydroxylation sites is 1. The Bertz CT molecular complexity index is 525.